The van der Waals surface area contributed by atoms with Crippen LogP contribution in [0.5, 0.6) is 0 Å². The largest absolute Gasteiger partial charge is 0.345 e. The molecule has 0 bridgehead atoms. The smallest absolute Gasteiger partial charge is 0.226 e. The quantitative estimate of drug-likeness (QED) is 0.456. The summed E-state index contributed by atoms with van der Waals surface area (Å²) in [4.78, 5) is 28.4. The van der Waals surface area contributed by atoms with E-state index < -0.39 is 0 Å². The number of amides is 2. The number of carbonyl (C=O) groups is 2. The fourth-order valence-corrected chi connectivity index (χ4v) is 9.04. The summed E-state index contributed by atoms with van der Waals surface area (Å²) in [5, 5.41) is 4.16. The first-order valence-corrected chi connectivity index (χ1v) is 14.7. The second-order valence-electron chi connectivity index (χ2n) is 12.7. The Morgan fingerprint density at radius 2 is 1.68 bits per heavy atom. The van der Waals surface area contributed by atoms with Gasteiger partial charge in [0, 0.05) is 35.5 Å². The molecule has 2 unspecified atom stereocenters. The maximum absolute atomic E-state index is 14.1. The van der Waals surface area contributed by atoms with Crippen molar-refractivity contribution >= 4 is 23.4 Å². The van der Waals surface area contributed by atoms with Crippen LogP contribution < -0.4 is 5.32 Å². The Bertz CT molecular complexity index is 1260. The van der Waals surface area contributed by atoms with Gasteiger partial charge in [-0.05, 0) is 85.0 Å². The third kappa shape index (κ3) is 4.02. The number of likely N-dealkylation sites (tertiary alicyclic amines) is 1. The Morgan fingerprint density at radius 3 is 2.42 bits per heavy atom. The first-order chi connectivity index (χ1) is 18.2. The van der Waals surface area contributed by atoms with Gasteiger partial charge >= 0.3 is 0 Å². The van der Waals surface area contributed by atoms with Gasteiger partial charge in [-0.3, -0.25) is 9.59 Å². The van der Waals surface area contributed by atoms with Crippen molar-refractivity contribution in [2.24, 2.45) is 34.5 Å². The van der Waals surface area contributed by atoms with Crippen LogP contribution in [0.3, 0.4) is 0 Å². The summed E-state index contributed by atoms with van der Waals surface area (Å²) in [6.07, 6.45) is 9.26. The Hall–Kier alpha value is -2.59. The molecule has 0 aromatic heterocycles. The van der Waals surface area contributed by atoms with Gasteiger partial charge in [0.05, 0.1) is 6.04 Å². The maximum Gasteiger partial charge on any atom is 0.226 e. The number of rotatable bonds is 4. The van der Waals surface area contributed by atoms with Gasteiger partial charge in [-0.15, -0.1) is 0 Å². The molecule has 3 fully saturated rings. The van der Waals surface area contributed by atoms with E-state index in [2.05, 4.69) is 37.4 Å². The SMILES string of the molecule is CN1C(=O)CC[C@@]2(C)C1=CC[C@@H]1[C@H]2CC[C@]2(C)C(C(=O)NC(c3ccccc3)c3ccc(Cl)cc3)CC[C@@H]12. The molecule has 2 amide bonds. The molecule has 5 heteroatoms. The molecule has 3 aliphatic carbocycles. The minimum Gasteiger partial charge on any atom is -0.345 e. The van der Waals surface area contributed by atoms with Crippen LogP contribution in [0.2, 0.25) is 5.02 Å². The predicted octanol–water partition coefficient (Wildman–Crippen LogP) is 7.15. The molecule has 1 saturated heterocycles. The predicted molar refractivity (Wildman–Crippen MR) is 151 cm³/mol. The van der Waals surface area contributed by atoms with Crippen LogP contribution in [0.4, 0.5) is 0 Å². The molecular formula is C33H39ClN2O2. The minimum atomic E-state index is -0.200. The fourth-order valence-electron chi connectivity index (χ4n) is 8.91. The van der Waals surface area contributed by atoms with Gasteiger partial charge in [-0.2, -0.15) is 0 Å². The summed E-state index contributed by atoms with van der Waals surface area (Å²) >= 11 is 6.18. The summed E-state index contributed by atoms with van der Waals surface area (Å²) < 4.78 is 0. The van der Waals surface area contributed by atoms with E-state index in [1.807, 2.05) is 54.4 Å². The van der Waals surface area contributed by atoms with Crippen LogP contribution in [0.25, 0.3) is 0 Å². The lowest BCUT2D eigenvalue weighted by Gasteiger charge is -2.58. The van der Waals surface area contributed by atoms with Gasteiger partial charge in [0.2, 0.25) is 11.8 Å². The average Bonchev–Trinajstić information content (AvgIpc) is 3.28. The van der Waals surface area contributed by atoms with Gasteiger partial charge in [0.1, 0.15) is 0 Å². The molecule has 1 N–H and O–H groups in total. The van der Waals surface area contributed by atoms with E-state index in [0.717, 1.165) is 49.7 Å². The molecular weight excluding hydrogens is 492 g/mol. The molecule has 1 heterocycles. The Balaban J connectivity index is 1.25. The van der Waals surface area contributed by atoms with Crippen molar-refractivity contribution in [1.82, 2.24) is 10.2 Å². The maximum atomic E-state index is 14.1. The van der Waals surface area contributed by atoms with Crippen LogP contribution in [-0.4, -0.2) is 23.8 Å². The van der Waals surface area contributed by atoms with Gasteiger partial charge < -0.3 is 10.2 Å². The van der Waals surface area contributed by atoms with Crippen LogP contribution >= 0.6 is 11.6 Å². The van der Waals surface area contributed by atoms with Crippen molar-refractivity contribution in [1.29, 1.82) is 0 Å². The van der Waals surface area contributed by atoms with Gasteiger partial charge in [0.25, 0.3) is 0 Å². The van der Waals surface area contributed by atoms with E-state index in [4.69, 9.17) is 11.6 Å². The van der Waals surface area contributed by atoms with E-state index >= 15 is 0 Å². The Morgan fingerprint density at radius 1 is 0.974 bits per heavy atom. The molecule has 7 atom stereocenters. The summed E-state index contributed by atoms with van der Waals surface area (Å²) in [6, 6.07) is 17.9. The monoisotopic (exact) mass is 530 g/mol. The van der Waals surface area contributed by atoms with Gasteiger partial charge in [-0.25, -0.2) is 0 Å². The second kappa shape index (κ2) is 9.55. The van der Waals surface area contributed by atoms with E-state index in [0.29, 0.717) is 29.2 Å². The number of nitrogens with one attached hydrogen (secondary N) is 1. The van der Waals surface area contributed by atoms with Crippen molar-refractivity contribution in [3.8, 4) is 0 Å². The fraction of sp³-hybridized carbons (Fsp3) is 0.515. The zero-order valence-electron chi connectivity index (χ0n) is 22.8. The first-order valence-electron chi connectivity index (χ1n) is 14.3. The number of hydrogen-bond acceptors (Lipinski definition) is 2. The van der Waals surface area contributed by atoms with Crippen LogP contribution in [0.1, 0.15) is 76.0 Å². The number of fused-ring (bicyclic) bond motifs is 5. The first kappa shape index (κ1) is 25.7. The molecule has 38 heavy (non-hydrogen) atoms. The third-order valence-electron chi connectivity index (χ3n) is 11.0. The Labute approximate surface area is 231 Å². The van der Waals surface area contributed by atoms with E-state index in [1.54, 1.807) is 0 Å². The molecule has 6 rings (SSSR count). The number of hydrogen-bond donors (Lipinski definition) is 1. The van der Waals surface area contributed by atoms with Crippen LogP contribution in [0, 0.1) is 34.5 Å². The molecule has 4 nitrogen and oxygen atoms in total. The van der Waals surface area contributed by atoms with Gasteiger partial charge in [-0.1, -0.05) is 74.0 Å². The van der Waals surface area contributed by atoms with E-state index in [9.17, 15) is 9.59 Å². The molecule has 1 aliphatic heterocycles. The molecule has 0 spiro atoms. The van der Waals surface area contributed by atoms with E-state index in [-0.39, 0.29) is 34.6 Å². The zero-order chi connectivity index (χ0) is 26.7. The van der Waals surface area contributed by atoms with Crippen molar-refractivity contribution in [2.45, 2.75) is 64.8 Å². The van der Waals surface area contributed by atoms with Crippen molar-refractivity contribution < 1.29 is 9.59 Å². The number of nitrogens with zero attached hydrogens (tertiary/aromatic N) is 1. The highest BCUT2D eigenvalue weighted by atomic mass is 35.5. The molecule has 4 aliphatic rings. The lowest BCUT2D eigenvalue weighted by atomic mass is 9.49. The lowest BCUT2D eigenvalue weighted by molar-refractivity contribution is -0.138. The number of benzene rings is 2. The topological polar surface area (TPSA) is 49.4 Å². The third-order valence-corrected chi connectivity index (χ3v) is 11.2. The number of halogens is 1. The van der Waals surface area contributed by atoms with Crippen LogP contribution in [-0.2, 0) is 9.59 Å². The van der Waals surface area contributed by atoms with E-state index in [1.165, 1.54) is 5.70 Å². The molecule has 2 aromatic rings. The highest BCUT2D eigenvalue weighted by molar-refractivity contribution is 6.30. The summed E-state index contributed by atoms with van der Waals surface area (Å²) in [5.41, 5.74) is 3.45. The van der Waals surface area contributed by atoms with Crippen molar-refractivity contribution in [2.75, 3.05) is 7.05 Å². The minimum absolute atomic E-state index is 0.00454. The standard InChI is InChI=1S/C33H39ClN2O2/c1-32-19-17-26-24(13-16-28-33(26,2)20-18-29(37)36(28)3)25(32)14-15-27(32)31(38)35-30(21-7-5-4-6-8-21)22-9-11-23(34)12-10-22/h4-12,16,24-27,30H,13-15,17-20H2,1-3H3,(H,35,38)/t24-,25-,26+,27?,30?,32-,33+/m0/s1. The normalized spacial score (nSPS) is 35.0. The average molecular weight is 531 g/mol. The molecule has 2 saturated carbocycles. The lowest BCUT2D eigenvalue weighted by Crippen LogP contribution is -2.54. The number of piperidine rings is 1. The van der Waals surface area contributed by atoms with Crippen molar-refractivity contribution in [3.63, 3.8) is 0 Å². The van der Waals surface area contributed by atoms with Crippen molar-refractivity contribution in [3.05, 3.63) is 82.5 Å². The molecule has 200 valence electrons. The summed E-state index contributed by atoms with van der Waals surface area (Å²) in [7, 11) is 1.96. The summed E-state index contributed by atoms with van der Waals surface area (Å²) in [6.45, 7) is 4.79. The Kier molecular flexibility index (Phi) is 6.45. The van der Waals surface area contributed by atoms with Crippen LogP contribution in [0.15, 0.2) is 66.4 Å². The van der Waals surface area contributed by atoms with Gasteiger partial charge in [0.15, 0.2) is 0 Å². The summed E-state index contributed by atoms with van der Waals surface area (Å²) in [5.74, 6) is 2.16. The second-order valence-corrected chi connectivity index (χ2v) is 13.1. The number of carbonyl (C=O) groups excluding carboxylic acids is 2. The molecule has 0 radical (unpaired) electrons. The highest BCUT2D eigenvalue weighted by Gasteiger charge is 2.60. The zero-order valence-corrected chi connectivity index (χ0v) is 23.5. The highest BCUT2D eigenvalue weighted by Crippen LogP contribution is 2.66. The molecule has 2 aromatic carbocycles. The number of allylic oxidation sites excluding steroid dienone is 2.